The third-order valence-electron chi connectivity index (χ3n) is 8.82. The lowest BCUT2D eigenvalue weighted by Crippen LogP contribution is -2.41. The number of ether oxygens (including phenoxy) is 2. The molecule has 4 aromatic rings. The van der Waals surface area contributed by atoms with Crippen LogP contribution in [0, 0.1) is 0 Å². The lowest BCUT2D eigenvalue weighted by molar-refractivity contribution is -0.138. The molecule has 250 valence electrons. The van der Waals surface area contributed by atoms with Crippen LogP contribution in [-0.2, 0) is 32.0 Å². The minimum atomic E-state index is -1.46. The van der Waals surface area contributed by atoms with Crippen molar-refractivity contribution in [1.29, 1.82) is 0 Å². The molecule has 3 heterocycles. The molecule has 2 amide bonds. The van der Waals surface area contributed by atoms with Gasteiger partial charge in [-0.25, -0.2) is 9.78 Å². The van der Waals surface area contributed by atoms with Crippen molar-refractivity contribution in [1.82, 2.24) is 15.6 Å². The largest absolute Gasteiger partial charge is 0.490 e. The van der Waals surface area contributed by atoms with Crippen LogP contribution in [0.15, 0.2) is 91.1 Å². The summed E-state index contributed by atoms with van der Waals surface area (Å²) in [7, 11) is 0. The van der Waals surface area contributed by atoms with Gasteiger partial charge in [-0.15, -0.1) is 0 Å². The molecule has 49 heavy (non-hydrogen) atoms. The Morgan fingerprint density at radius 1 is 0.959 bits per heavy atom. The number of unbranched alkanes of at least 4 members (excludes halogenated alkanes) is 1. The SMILES string of the molecule is Nc1ncccc1OCCCCc1ccc2c(c1)C(=O)NCC(=O)N2c1ccc(C[C@@]2(C(=O)Oc3ccccc3)NC2(C=O)CC=O)cc1. The van der Waals surface area contributed by atoms with E-state index in [0.29, 0.717) is 65.4 Å². The molecule has 2 atom stereocenters. The first-order valence-corrected chi connectivity index (χ1v) is 15.9. The number of benzene rings is 3. The Balaban J connectivity index is 1.17. The van der Waals surface area contributed by atoms with E-state index in [1.54, 1.807) is 85.1 Å². The first-order chi connectivity index (χ1) is 23.8. The molecule has 0 spiro atoms. The quantitative estimate of drug-likeness (QED) is 0.0595. The first-order valence-electron chi connectivity index (χ1n) is 15.9. The molecule has 1 saturated heterocycles. The Kier molecular flexibility index (Phi) is 9.49. The molecule has 1 fully saturated rings. The van der Waals surface area contributed by atoms with Gasteiger partial charge in [0.1, 0.15) is 29.4 Å². The van der Waals surface area contributed by atoms with Crippen LogP contribution in [-0.4, -0.2) is 59.6 Å². The highest BCUT2D eigenvalue weighted by atomic mass is 16.5. The van der Waals surface area contributed by atoms with Gasteiger partial charge in [0.15, 0.2) is 11.6 Å². The molecule has 1 aromatic heterocycles. The standard InChI is InChI=1S/C37H35N5O7/c38-33-31(10-6-18-39-33)48-20-5-4-7-25-13-16-30-29(21-25)34(46)40-23-32(45)42(30)27-14-11-26(12-15-27)22-37(36(24-44,41-37)17-19-43)35(47)49-28-8-2-1-3-9-28/h1-3,6,8-16,18-19,21,24,41H,4-5,7,17,20,22-23H2,(H2,38,39)(H,40,46)/t36?,37-/m0/s1. The average molecular weight is 662 g/mol. The predicted molar refractivity (Wildman–Crippen MR) is 181 cm³/mol. The molecular formula is C37H35N5O7. The number of rotatable bonds is 14. The van der Waals surface area contributed by atoms with Gasteiger partial charge in [-0.1, -0.05) is 36.4 Å². The zero-order chi connectivity index (χ0) is 34.4. The third kappa shape index (κ3) is 6.76. The van der Waals surface area contributed by atoms with Crippen molar-refractivity contribution in [2.75, 3.05) is 23.8 Å². The molecule has 6 rings (SSSR count). The van der Waals surface area contributed by atoms with Crippen LogP contribution in [0.3, 0.4) is 0 Å². The summed E-state index contributed by atoms with van der Waals surface area (Å²) in [5.74, 6) is -0.152. The van der Waals surface area contributed by atoms with Crippen molar-refractivity contribution in [3.05, 3.63) is 108 Å². The number of para-hydroxylation sites is 1. The summed E-state index contributed by atoms with van der Waals surface area (Å²) in [5.41, 5.74) is 5.93. The first kappa shape index (κ1) is 33.0. The van der Waals surface area contributed by atoms with E-state index in [4.69, 9.17) is 15.2 Å². The fourth-order valence-corrected chi connectivity index (χ4v) is 6.14. The Bertz CT molecular complexity index is 1880. The number of carbonyl (C=O) groups is 5. The van der Waals surface area contributed by atoms with E-state index in [2.05, 4.69) is 15.6 Å². The second-order valence-corrected chi connectivity index (χ2v) is 12.0. The van der Waals surface area contributed by atoms with Crippen molar-refractivity contribution in [2.24, 2.45) is 0 Å². The lowest BCUT2D eigenvalue weighted by Gasteiger charge is -2.23. The second kappa shape index (κ2) is 14.1. The number of amides is 2. The number of esters is 1. The topological polar surface area (TPSA) is 180 Å². The number of aryl methyl sites for hydroxylation is 1. The van der Waals surface area contributed by atoms with Crippen LogP contribution in [0.5, 0.6) is 11.5 Å². The monoisotopic (exact) mass is 661 g/mol. The van der Waals surface area contributed by atoms with Gasteiger partial charge < -0.3 is 30.1 Å². The molecule has 0 radical (unpaired) electrons. The molecular weight excluding hydrogens is 626 g/mol. The third-order valence-corrected chi connectivity index (χ3v) is 8.82. The normalized spacial score (nSPS) is 19.6. The molecule has 0 bridgehead atoms. The number of aromatic nitrogens is 1. The molecule has 1 unspecified atom stereocenters. The zero-order valence-electron chi connectivity index (χ0n) is 26.6. The fraction of sp³-hybridized carbons (Fsp3) is 0.243. The Labute approximate surface area is 282 Å². The van der Waals surface area contributed by atoms with Crippen LogP contribution in [0.2, 0.25) is 0 Å². The van der Waals surface area contributed by atoms with Gasteiger partial charge in [-0.05, 0) is 78.9 Å². The van der Waals surface area contributed by atoms with Gasteiger partial charge in [-0.3, -0.25) is 19.8 Å². The molecule has 2 aliphatic rings. The lowest BCUT2D eigenvalue weighted by atomic mass is 9.85. The minimum Gasteiger partial charge on any atom is -0.490 e. The Morgan fingerprint density at radius 3 is 2.47 bits per heavy atom. The highest BCUT2D eigenvalue weighted by molar-refractivity contribution is 6.13. The summed E-state index contributed by atoms with van der Waals surface area (Å²) in [6, 6.07) is 24.4. The highest BCUT2D eigenvalue weighted by Crippen LogP contribution is 2.44. The van der Waals surface area contributed by atoms with E-state index in [9.17, 15) is 24.0 Å². The molecule has 0 aliphatic carbocycles. The summed E-state index contributed by atoms with van der Waals surface area (Å²) >= 11 is 0. The van der Waals surface area contributed by atoms with Gasteiger partial charge in [0.05, 0.1) is 24.4 Å². The molecule has 0 saturated carbocycles. The Hall–Kier alpha value is -5.88. The maximum absolute atomic E-state index is 13.4. The number of pyridine rings is 1. The molecule has 12 nitrogen and oxygen atoms in total. The maximum atomic E-state index is 13.4. The van der Waals surface area contributed by atoms with Gasteiger partial charge in [0.2, 0.25) is 0 Å². The van der Waals surface area contributed by atoms with Crippen molar-refractivity contribution in [3.63, 3.8) is 0 Å². The number of hydrogen-bond acceptors (Lipinski definition) is 10. The Morgan fingerprint density at radius 2 is 1.73 bits per heavy atom. The van der Waals surface area contributed by atoms with E-state index >= 15 is 0 Å². The van der Waals surface area contributed by atoms with Crippen molar-refractivity contribution in [3.8, 4) is 11.5 Å². The maximum Gasteiger partial charge on any atom is 0.334 e. The number of fused-ring (bicyclic) bond motifs is 1. The number of nitrogens with zero attached hydrogens (tertiary/aromatic N) is 2. The summed E-state index contributed by atoms with van der Waals surface area (Å²) in [6.45, 7) is 0.281. The summed E-state index contributed by atoms with van der Waals surface area (Å²) in [4.78, 5) is 69.0. The van der Waals surface area contributed by atoms with Gasteiger partial charge in [0.25, 0.3) is 11.8 Å². The van der Waals surface area contributed by atoms with Crippen LogP contribution in [0.1, 0.15) is 40.7 Å². The minimum absolute atomic E-state index is 0.0557. The number of anilines is 3. The van der Waals surface area contributed by atoms with Crippen LogP contribution in [0.25, 0.3) is 0 Å². The van der Waals surface area contributed by atoms with E-state index in [1.165, 1.54) is 4.90 Å². The number of nitrogens with one attached hydrogen (secondary N) is 2. The van der Waals surface area contributed by atoms with Gasteiger partial charge in [0, 0.05) is 24.7 Å². The smallest absolute Gasteiger partial charge is 0.334 e. The van der Waals surface area contributed by atoms with Crippen molar-refractivity contribution in [2.45, 2.75) is 43.2 Å². The van der Waals surface area contributed by atoms with Gasteiger partial charge >= 0.3 is 5.97 Å². The van der Waals surface area contributed by atoms with Gasteiger partial charge in [-0.2, -0.15) is 0 Å². The fourth-order valence-electron chi connectivity index (χ4n) is 6.14. The van der Waals surface area contributed by atoms with Crippen LogP contribution < -0.4 is 30.7 Å². The zero-order valence-corrected chi connectivity index (χ0v) is 26.6. The summed E-state index contributed by atoms with van der Waals surface area (Å²) < 4.78 is 11.3. The number of aldehydes is 2. The van der Waals surface area contributed by atoms with E-state index in [-0.39, 0.29) is 31.2 Å². The molecule has 3 aromatic carbocycles. The number of carbonyl (C=O) groups excluding carboxylic acids is 5. The van der Waals surface area contributed by atoms with Crippen LogP contribution in [0.4, 0.5) is 17.2 Å². The van der Waals surface area contributed by atoms with E-state index < -0.39 is 17.0 Å². The number of hydrogen-bond donors (Lipinski definition) is 3. The highest BCUT2D eigenvalue weighted by Gasteiger charge is 2.72. The average Bonchev–Trinajstić information content (AvgIpc) is 3.79. The molecule has 2 aliphatic heterocycles. The molecule has 4 N–H and O–H groups in total. The summed E-state index contributed by atoms with van der Waals surface area (Å²) in [6.07, 6.45) is 4.90. The van der Waals surface area contributed by atoms with Crippen molar-refractivity contribution >= 4 is 47.5 Å². The number of nitrogens with two attached hydrogens (primary N) is 1. The van der Waals surface area contributed by atoms with Crippen molar-refractivity contribution < 1.29 is 33.4 Å². The van der Waals surface area contributed by atoms with E-state index in [0.717, 1.165) is 18.4 Å². The summed E-state index contributed by atoms with van der Waals surface area (Å²) in [5, 5.41) is 5.66. The van der Waals surface area contributed by atoms with Crippen LogP contribution >= 0.6 is 0 Å². The van der Waals surface area contributed by atoms with E-state index in [1.807, 2.05) is 6.07 Å². The second-order valence-electron chi connectivity index (χ2n) is 12.0. The number of nitrogen functional groups attached to an aromatic ring is 1. The predicted octanol–water partition coefficient (Wildman–Crippen LogP) is 3.49. The molecule has 12 heteroatoms.